The van der Waals surface area contributed by atoms with E-state index >= 15 is 0 Å². The van der Waals surface area contributed by atoms with Crippen molar-refractivity contribution in [2.24, 2.45) is 0 Å². The van der Waals surface area contributed by atoms with Crippen LogP contribution >= 0.6 is 0 Å². The largest absolute Gasteiger partial charge is 0.481 e. The number of aryl methyl sites for hydroxylation is 2. The summed E-state index contributed by atoms with van der Waals surface area (Å²) < 4.78 is 12.8. The third-order valence-electron chi connectivity index (χ3n) is 3.72. The zero-order valence-corrected chi connectivity index (χ0v) is 12.1. The summed E-state index contributed by atoms with van der Waals surface area (Å²) in [5.74, 6) is 0.659. The number of nitrogens with zero attached hydrogens (tertiary/aromatic N) is 3. The van der Waals surface area contributed by atoms with Crippen LogP contribution in [0.3, 0.4) is 0 Å². The molecule has 3 rings (SSSR count). The van der Waals surface area contributed by atoms with Crippen molar-refractivity contribution >= 4 is 0 Å². The molecule has 0 amide bonds. The van der Waals surface area contributed by atoms with Gasteiger partial charge in [0.2, 0.25) is 5.88 Å². The SMILES string of the molecule is COc1ncc(-n2nc(C)c3c2CCOCC3)cc1C. The third kappa shape index (κ3) is 2.18. The molecule has 0 radical (unpaired) electrons. The van der Waals surface area contributed by atoms with Gasteiger partial charge in [-0.3, -0.25) is 0 Å². The predicted molar refractivity (Wildman–Crippen MR) is 75.6 cm³/mol. The van der Waals surface area contributed by atoms with Crippen LogP contribution < -0.4 is 4.74 Å². The number of fused-ring (bicyclic) bond motifs is 1. The zero-order valence-electron chi connectivity index (χ0n) is 12.1. The molecule has 0 spiro atoms. The first-order chi connectivity index (χ1) is 9.70. The van der Waals surface area contributed by atoms with Gasteiger partial charge in [-0.05, 0) is 31.9 Å². The lowest BCUT2D eigenvalue weighted by atomic mass is 10.1. The number of pyridine rings is 1. The van der Waals surface area contributed by atoms with E-state index in [0.717, 1.165) is 43.0 Å². The van der Waals surface area contributed by atoms with Crippen molar-refractivity contribution in [2.45, 2.75) is 26.7 Å². The molecule has 0 aliphatic carbocycles. The third-order valence-corrected chi connectivity index (χ3v) is 3.72. The molecule has 2 aromatic rings. The van der Waals surface area contributed by atoms with Gasteiger partial charge in [0.25, 0.3) is 0 Å². The van der Waals surface area contributed by atoms with Gasteiger partial charge in [-0.1, -0.05) is 0 Å². The highest BCUT2D eigenvalue weighted by molar-refractivity contribution is 5.41. The van der Waals surface area contributed by atoms with Gasteiger partial charge in [0, 0.05) is 12.0 Å². The van der Waals surface area contributed by atoms with Crippen molar-refractivity contribution in [3.63, 3.8) is 0 Å². The highest BCUT2D eigenvalue weighted by Gasteiger charge is 2.19. The van der Waals surface area contributed by atoms with E-state index in [1.54, 1.807) is 7.11 Å². The maximum atomic E-state index is 5.56. The summed E-state index contributed by atoms with van der Waals surface area (Å²) in [6, 6.07) is 2.06. The molecule has 0 bridgehead atoms. The second-order valence-electron chi connectivity index (χ2n) is 5.05. The topological polar surface area (TPSA) is 49.2 Å². The Morgan fingerprint density at radius 2 is 2.05 bits per heavy atom. The maximum absolute atomic E-state index is 5.56. The van der Waals surface area contributed by atoms with E-state index in [4.69, 9.17) is 9.47 Å². The molecule has 1 aliphatic heterocycles. The molecule has 0 N–H and O–H groups in total. The Bertz CT molecular complexity index is 634. The van der Waals surface area contributed by atoms with E-state index < -0.39 is 0 Å². The molecule has 106 valence electrons. The Balaban J connectivity index is 2.08. The molecule has 0 aromatic carbocycles. The first kappa shape index (κ1) is 13.1. The van der Waals surface area contributed by atoms with Crippen molar-refractivity contribution in [2.75, 3.05) is 20.3 Å². The molecule has 0 atom stereocenters. The Morgan fingerprint density at radius 3 is 2.80 bits per heavy atom. The minimum absolute atomic E-state index is 0.659. The second kappa shape index (κ2) is 5.25. The Labute approximate surface area is 118 Å². The molecular weight excluding hydrogens is 254 g/mol. The van der Waals surface area contributed by atoms with Crippen LogP contribution in [0.1, 0.15) is 22.5 Å². The predicted octanol–water partition coefficient (Wildman–Crippen LogP) is 2.01. The van der Waals surface area contributed by atoms with Crippen LogP contribution in [0, 0.1) is 13.8 Å². The molecule has 1 aliphatic rings. The normalized spacial score (nSPS) is 14.8. The number of aromatic nitrogens is 3. The summed E-state index contributed by atoms with van der Waals surface area (Å²) in [5.41, 5.74) is 5.63. The van der Waals surface area contributed by atoms with Gasteiger partial charge < -0.3 is 9.47 Å². The fraction of sp³-hybridized carbons (Fsp3) is 0.467. The van der Waals surface area contributed by atoms with Crippen LogP contribution in [0.25, 0.3) is 5.69 Å². The van der Waals surface area contributed by atoms with Gasteiger partial charge in [0.1, 0.15) is 0 Å². The molecular formula is C15H19N3O2. The molecule has 3 heterocycles. The minimum atomic E-state index is 0.659. The van der Waals surface area contributed by atoms with Gasteiger partial charge in [0.15, 0.2) is 0 Å². The summed E-state index contributed by atoms with van der Waals surface area (Å²) in [6.45, 7) is 5.58. The number of rotatable bonds is 2. The molecule has 0 saturated carbocycles. The lowest BCUT2D eigenvalue weighted by Crippen LogP contribution is -2.06. The van der Waals surface area contributed by atoms with Gasteiger partial charge in [-0.2, -0.15) is 5.10 Å². The Hall–Kier alpha value is -1.88. The highest BCUT2D eigenvalue weighted by atomic mass is 16.5. The summed E-state index contributed by atoms with van der Waals surface area (Å²) in [5, 5.41) is 4.68. The first-order valence-electron chi connectivity index (χ1n) is 6.87. The molecule has 5 heteroatoms. The molecule has 5 nitrogen and oxygen atoms in total. The molecule has 0 fully saturated rings. The van der Waals surface area contributed by atoms with E-state index in [9.17, 15) is 0 Å². The molecule has 0 unspecified atom stereocenters. The summed E-state index contributed by atoms with van der Waals surface area (Å²) >= 11 is 0. The van der Waals surface area contributed by atoms with Crippen molar-refractivity contribution in [3.8, 4) is 11.6 Å². The van der Waals surface area contributed by atoms with E-state index in [2.05, 4.69) is 23.1 Å². The number of hydrogen-bond donors (Lipinski definition) is 0. The Kier molecular flexibility index (Phi) is 3.44. The van der Waals surface area contributed by atoms with Gasteiger partial charge in [-0.15, -0.1) is 0 Å². The average Bonchev–Trinajstić information content (AvgIpc) is 2.64. The number of hydrogen-bond acceptors (Lipinski definition) is 4. The van der Waals surface area contributed by atoms with Crippen LogP contribution in [0.4, 0.5) is 0 Å². The molecule has 20 heavy (non-hydrogen) atoms. The van der Waals surface area contributed by atoms with Gasteiger partial charge in [-0.25, -0.2) is 9.67 Å². The van der Waals surface area contributed by atoms with Crippen molar-refractivity contribution in [1.82, 2.24) is 14.8 Å². The van der Waals surface area contributed by atoms with Crippen molar-refractivity contribution in [3.05, 3.63) is 34.8 Å². The molecule has 0 saturated heterocycles. The standard InChI is InChI=1S/C15H19N3O2/c1-10-8-12(9-16-15(10)19-3)18-14-5-7-20-6-4-13(14)11(2)17-18/h8-9H,4-7H2,1-3H3. The number of methoxy groups -OCH3 is 1. The van der Waals surface area contributed by atoms with Gasteiger partial charge >= 0.3 is 0 Å². The summed E-state index contributed by atoms with van der Waals surface area (Å²) in [7, 11) is 1.64. The van der Waals surface area contributed by atoms with Crippen molar-refractivity contribution < 1.29 is 9.47 Å². The van der Waals surface area contributed by atoms with Crippen LogP contribution in [0.5, 0.6) is 5.88 Å². The zero-order chi connectivity index (χ0) is 14.1. The van der Waals surface area contributed by atoms with Crippen LogP contribution in [0.2, 0.25) is 0 Å². The Morgan fingerprint density at radius 1 is 1.25 bits per heavy atom. The summed E-state index contributed by atoms with van der Waals surface area (Å²) in [4.78, 5) is 4.34. The minimum Gasteiger partial charge on any atom is -0.481 e. The lowest BCUT2D eigenvalue weighted by molar-refractivity contribution is 0.145. The monoisotopic (exact) mass is 273 g/mol. The summed E-state index contributed by atoms with van der Waals surface area (Å²) in [6.07, 6.45) is 3.63. The quantitative estimate of drug-likeness (QED) is 0.840. The fourth-order valence-corrected chi connectivity index (χ4v) is 2.72. The smallest absolute Gasteiger partial charge is 0.216 e. The first-order valence-corrected chi connectivity index (χ1v) is 6.87. The van der Waals surface area contributed by atoms with E-state index in [0.29, 0.717) is 5.88 Å². The van der Waals surface area contributed by atoms with Crippen LogP contribution in [0.15, 0.2) is 12.3 Å². The lowest BCUT2D eigenvalue weighted by Gasteiger charge is -2.09. The second-order valence-corrected chi connectivity index (χ2v) is 5.05. The van der Waals surface area contributed by atoms with Crippen molar-refractivity contribution in [1.29, 1.82) is 0 Å². The van der Waals surface area contributed by atoms with Crippen LogP contribution in [-0.2, 0) is 17.6 Å². The average molecular weight is 273 g/mol. The number of ether oxygens (including phenoxy) is 2. The highest BCUT2D eigenvalue weighted by Crippen LogP contribution is 2.24. The van der Waals surface area contributed by atoms with Gasteiger partial charge in [0.05, 0.1) is 43.6 Å². The van der Waals surface area contributed by atoms with E-state index in [1.807, 2.05) is 17.8 Å². The van der Waals surface area contributed by atoms with Crippen LogP contribution in [-0.4, -0.2) is 35.1 Å². The maximum Gasteiger partial charge on any atom is 0.216 e. The fourth-order valence-electron chi connectivity index (χ4n) is 2.72. The van der Waals surface area contributed by atoms with E-state index in [1.165, 1.54) is 11.3 Å². The molecule has 2 aromatic heterocycles. The van der Waals surface area contributed by atoms with E-state index in [-0.39, 0.29) is 0 Å².